The van der Waals surface area contributed by atoms with Crippen molar-refractivity contribution in [2.75, 3.05) is 37.6 Å². The van der Waals surface area contributed by atoms with E-state index in [2.05, 4.69) is 5.32 Å². The molecule has 0 saturated heterocycles. The molecule has 0 aromatic heterocycles. The Morgan fingerprint density at radius 2 is 1.80 bits per heavy atom. The second kappa shape index (κ2) is 12.1. The van der Waals surface area contributed by atoms with Gasteiger partial charge in [0.25, 0.3) is 5.91 Å². The molecule has 0 fully saturated rings. The largest absolute Gasteiger partial charge is 0.496 e. The number of nitrogens with zero attached hydrogens (tertiary/aromatic N) is 1. The van der Waals surface area contributed by atoms with Gasteiger partial charge in [0.1, 0.15) is 41.8 Å². The molecule has 3 aromatic carbocycles. The number of aryl methyl sites for hydroxylation is 1. The van der Waals surface area contributed by atoms with Gasteiger partial charge < -0.3 is 34.3 Å². The minimum Gasteiger partial charge on any atom is -0.496 e. The molecule has 2 N–H and O–H groups in total. The Hall–Kier alpha value is -4.31. The Balaban J connectivity index is 1.75. The molecule has 10 heteroatoms. The van der Waals surface area contributed by atoms with E-state index in [1.807, 2.05) is 32.9 Å². The van der Waals surface area contributed by atoms with E-state index in [9.17, 15) is 19.1 Å². The van der Waals surface area contributed by atoms with Crippen molar-refractivity contribution in [2.24, 2.45) is 0 Å². The summed E-state index contributed by atoms with van der Waals surface area (Å²) in [6, 6.07) is 13.3. The molecule has 9 nitrogen and oxygen atoms in total. The number of carbonyl (C=O) groups is 2. The second-order valence-corrected chi connectivity index (χ2v) is 10.2. The number of anilines is 2. The number of hydrogen-bond acceptors (Lipinski definition) is 8. The number of fused-ring (bicyclic) bond motifs is 1. The number of carbonyl (C=O) groups excluding carboxylic acids is 2. The van der Waals surface area contributed by atoms with Crippen LogP contribution in [-0.2, 0) is 20.9 Å². The first kappa shape index (κ1) is 29.7. The summed E-state index contributed by atoms with van der Waals surface area (Å²) in [5, 5.41) is 13.3. The molecule has 0 saturated carbocycles. The standard InChI is InChI=1S/C31H35FN2O7/c1-7-39-29(36)25(35)17-40-20-10-11-22(27(15-20)38-6)21-12-13-24-28(34(5)30(37)31(3,4)33-24)23(21)16-41-26-14-19(32)9-8-18(26)2/h8-15,25,33,35H,7,16-17H2,1-6H3/t25-/m1/s1. The lowest BCUT2D eigenvalue weighted by Gasteiger charge is -2.39. The quantitative estimate of drug-likeness (QED) is 0.335. The highest BCUT2D eigenvalue weighted by atomic mass is 19.1. The Labute approximate surface area is 238 Å². The van der Waals surface area contributed by atoms with Crippen molar-refractivity contribution in [1.29, 1.82) is 0 Å². The van der Waals surface area contributed by atoms with Crippen LogP contribution in [0.25, 0.3) is 11.1 Å². The third-order valence-electron chi connectivity index (χ3n) is 6.86. The van der Waals surface area contributed by atoms with Crippen LogP contribution in [0.4, 0.5) is 15.8 Å². The van der Waals surface area contributed by atoms with Crippen LogP contribution in [0.5, 0.6) is 17.2 Å². The summed E-state index contributed by atoms with van der Waals surface area (Å²) in [4.78, 5) is 26.6. The van der Waals surface area contributed by atoms with Crippen molar-refractivity contribution in [3.63, 3.8) is 0 Å². The summed E-state index contributed by atoms with van der Waals surface area (Å²) in [6.45, 7) is 7.01. The van der Waals surface area contributed by atoms with Gasteiger partial charge in [0.2, 0.25) is 0 Å². The molecule has 4 rings (SSSR count). The van der Waals surface area contributed by atoms with E-state index < -0.39 is 23.4 Å². The first-order chi connectivity index (χ1) is 19.5. The fraction of sp³-hybridized carbons (Fsp3) is 0.355. The van der Waals surface area contributed by atoms with Gasteiger partial charge >= 0.3 is 5.97 Å². The van der Waals surface area contributed by atoms with Crippen LogP contribution in [0.1, 0.15) is 31.9 Å². The smallest absolute Gasteiger partial charge is 0.338 e. The van der Waals surface area contributed by atoms with E-state index in [-0.39, 0.29) is 25.7 Å². The van der Waals surface area contributed by atoms with E-state index in [4.69, 9.17) is 18.9 Å². The van der Waals surface area contributed by atoms with Gasteiger partial charge in [-0.2, -0.15) is 0 Å². The summed E-state index contributed by atoms with van der Waals surface area (Å²) in [6.07, 6.45) is -1.43. The van der Waals surface area contributed by atoms with Gasteiger partial charge in [-0.25, -0.2) is 9.18 Å². The van der Waals surface area contributed by atoms with Crippen molar-refractivity contribution in [3.8, 4) is 28.4 Å². The van der Waals surface area contributed by atoms with E-state index >= 15 is 0 Å². The number of nitrogens with one attached hydrogen (secondary N) is 1. The number of rotatable bonds is 10. The highest BCUT2D eigenvalue weighted by molar-refractivity contribution is 6.08. The summed E-state index contributed by atoms with van der Waals surface area (Å²) < 4.78 is 36.3. The average Bonchev–Trinajstić information content (AvgIpc) is 2.94. The SMILES string of the molecule is CCOC(=O)[C@H](O)COc1ccc(-c2ccc3c(c2COc2cc(F)ccc2C)N(C)C(=O)C(C)(C)N3)c(OC)c1. The molecule has 41 heavy (non-hydrogen) atoms. The van der Waals surface area contributed by atoms with Gasteiger partial charge in [0, 0.05) is 30.3 Å². The zero-order valence-electron chi connectivity index (χ0n) is 24.0. The normalized spacial score (nSPS) is 14.5. The molecule has 1 aliphatic rings. The topological polar surface area (TPSA) is 107 Å². The molecule has 1 aliphatic heterocycles. The van der Waals surface area contributed by atoms with Crippen LogP contribution in [-0.4, -0.2) is 56.0 Å². The van der Waals surface area contributed by atoms with Gasteiger partial charge in [-0.3, -0.25) is 4.79 Å². The zero-order valence-corrected chi connectivity index (χ0v) is 24.0. The van der Waals surface area contributed by atoms with Gasteiger partial charge in [-0.15, -0.1) is 0 Å². The number of aliphatic hydroxyl groups excluding tert-OH is 1. The number of halogens is 1. The lowest BCUT2D eigenvalue weighted by atomic mass is 9.91. The van der Waals surface area contributed by atoms with Crippen LogP contribution >= 0.6 is 0 Å². The number of ether oxygens (including phenoxy) is 4. The maximum absolute atomic E-state index is 14.0. The monoisotopic (exact) mass is 566 g/mol. The summed E-state index contributed by atoms with van der Waals surface area (Å²) >= 11 is 0. The Bertz CT molecular complexity index is 1460. The molecular weight excluding hydrogens is 531 g/mol. The first-order valence-electron chi connectivity index (χ1n) is 13.2. The number of esters is 1. The van der Waals surface area contributed by atoms with Gasteiger partial charge in [-0.1, -0.05) is 12.1 Å². The van der Waals surface area contributed by atoms with Crippen molar-refractivity contribution < 1.29 is 38.0 Å². The van der Waals surface area contributed by atoms with Crippen molar-refractivity contribution in [2.45, 2.75) is 45.9 Å². The van der Waals surface area contributed by atoms with E-state index in [1.165, 1.54) is 19.2 Å². The highest BCUT2D eigenvalue weighted by Crippen LogP contribution is 2.45. The third-order valence-corrected chi connectivity index (χ3v) is 6.86. The van der Waals surface area contributed by atoms with E-state index in [0.29, 0.717) is 34.1 Å². The van der Waals surface area contributed by atoms with Gasteiger partial charge in [-0.05, 0) is 63.1 Å². The minimum absolute atomic E-state index is 0.0374. The third kappa shape index (κ3) is 6.22. The average molecular weight is 567 g/mol. The van der Waals surface area contributed by atoms with Crippen molar-refractivity contribution in [3.05, 3.63) is 65.5 Å². The molecule has 0 bridgehead atoms. The van der Waals surface area contributed by atoms with Crippen LogP contribution in [0.3, 0.4) is 0 Å². The molecule has 0 spiro atoms. The van der Waals surface area contributed by atoms with Crippen molar-refractivity contribution in [1.82, 2.24) is 0 Å². The van der Waals surface area contributed by atoms with Gasteiger partial charge in [0.15, 0.2) is 6.10 Å². The number of benzene rings is 3. The number of methoxy groups -OCH3 is 1. The summed E-state index contributed by atoms with van der Waals surface area (Å²) in [5.41, 5.74) is 3.46. The summed E-state index contributed by atoms with van der Waals surface area (Å²) in [7, 11) is 3.23. The summed E-state index contributed by atoms with van der Waals surface area (Å²) in [5.74, 6) is -0.0883. The number of amides is 1. The number of aliphatic hydroxyl groups is 1. The highest BCUT2D eigenvalue weighted by Gasteiger charge is 2.38. The lowest BCUT2D eigenvalue weighted by Crippen LogP contribution is -2.52. The van der Waals surface area contributed by atoms with Gasteiger partial charge in [0.05, 0.1) is 25.1 Å². The maximum atomic E-state index is 14.0. The number of likely N-dealkylation sites (N-methyl/N-ethyl adjacent to an activating group) is 1. The maximum Gasteiger partial charge on any atom is 0.338 e. The van der Waals surface area contributed by atoms with Crippen LogP contribution in [0.2, 0.25) is 0 Å². The van der Waals surface area contributed by atoms with Crippen LogP contribution in [0.15, 0.2) is 48.5 Å². The fourth-order valence-electron chi connectivity index (χ4n) is 4.77. The molecule has 1 amide bonds. The Kier molecular flexibility index (Phi) is 8.72. The molecule has 0 radical (unpaired) electrons. The first-order valence-corrected chi connectivity index (χ1v) is 13.2. The van der Waals surface area contributed by atoms with E-state index in [1.54, 1.807) is 43.1 Å². The van der Waals surface area contributed by atoms with E-state index in [0.717, 1.165) is 16.8 Å². The molecule has 0 unspecified atom stereocenters. The number of hydrogen-bond donors (Lipinski definition) is 2. The predicted octanol–water partition coefficient (Wildman–Crippen LogP) is 4.86. The minimum atomic E-state index is -1.43. The van der Waals surface area contributed by atoms with Crippen LogP contribution in [0, 0.1) is 12.7 Å². The zero-order chi connectivity index (χ0) is 29.9. The molecular formula is C31H35FN2O7. The molecule has 1 atom stereocenters. The molecule has 0 aliphatic carbocycles. The predicted molar refractivity (Wildman–Crippen MR) is 153 cm³/mol. The Morgan fingerprint density at radius 1 is 1.07 bits per heavy atom. The van der Waals surface area contributed by atoms with Crippen LogP contribution < -0.4 is 24.4 Å². The Morgan fingerprint density at radius 3 is 2.51 bits per heavy atom. The molecule has 1 heterocycles. The van der Waals surface area contributed by atoms with Crippen molar-refractivity contribution >= 4 is 23.3 Å². The molecule has 3 aromatic rings. The molecule has 218 valence electrons. The second-order valence-electron chi connectivity index (χ2n) is 10.2. The fourth-order valence-corrected chi connectivity index (χ4v) is 4.77. The lowest BCUT2D eigenvalue weighted by molar-refractivity contribution is -0.154.